The van der Waals surface area contributed by atoms with Crippen molar-refractivity contribution >= 4 is 27.5 Å². The molecule has 1 rings (SSSR count). The molecule has 4 heteroatoms. The third kappa shape index (κ3) is 2.66. The van der Waals surface area contributed by atoms with E-state index < -0.39 is 6.10 Å². The summed E-state index contributed by atoms with van der Waals surface area (Å²) in [5.74, 6) is 0.133. The Morgan fingerprint density at radius 3 is 2.69 bits per heavy atom. The molecule has 0 spiro atoms. The highest BCUT2D eigenvalue weighted by Crippen LogP contribution is 2.28. The van der Waals surface area contributed by atoms with E-state index in [2.05, 4.69) is 20.9 Å². The second kappa shape index (κ2) is 4.40. The lowest BCUT2D eigenvalue weighted by molar-refractivity contribution is 0.126. The molecule has 0 aliphatic heterocycles. The van der Waals surface area contributed by atoms with Gasteiger partial charge in [0.15, 0.2) is 0 Å². The summed E-state index contributed by atoms with van der Waals surface area (Å²) >= 11 is 9.12. The zero-order valence-corrected chi connectivity index (χ0v) is 9.80. The van der Waals surface area contributed by atoms with Crippen LogP contribution in [0.1, 0.15) is 25.5 Å². The molecule has 1 aromatic rings. The van der Waals surface area contributed by atoms with E-state index in [1.165, 1.54) is 0 Å². The molecule has 0 fully saturated rings. The largest absolute Gasteiger partial charge is 0.388 e. The van der Waals surface area contributed by atoms with Crippen molar-refractivity contribution in [3.8, 4) is 0 Å². The minimum atomic E-state index is -0.558. The second-order valence-electron chi connectivity index (χ2n) is 3.22. The Labute approximate surface area is 91.1 Å². The molecule has 0 saturated heterocycles. The zero-order chi connectivity index (χ0) is 10.0. The first-order valence-corrected chi connectivity index (χ1v) is 5.18. The molecule has 0 aliphatic rings. The van der Waals surface area contributed by atoms with Gasteiger partial charge in [0.05, 0.1) is 6.10 Å². The topological polar surface area (TPSA) is 33.1 Å². The Morgan fingerprint density at radius 2 is 2.15 bits per heavy atom. The van der Waals surface area contributed by atoms with Crippen LogP contribution in [0.5, 0.6) is 0 Å². The van der Waals surface area contributed by atoms with Crippen LogP contribution in [0, 0.1) is 5.92 Å². The van der Waals surface area contributed by atoms with Gasteiger partial charge in [0, 0.05) is 16.2 Å². The maximum absolute atomic E-state index is 9.76. The van der Waals surface area contributed by atoms with Gasteiger partial charge in [-0.15, -0.1) is 0 Å². The molecular formula is C9H11BrClNO. The lowest BCUT2D eigenvalue weighted by atomic mass is 10.0. The first-order chi connectivity index (χ1) is 6.02. The van der Waals surface area contributed by atoms with Crippen LogP contribution < -0.4 is 0 Å². The third-order valence-corrected chi connectivity index (χ3v) is 2.53. The molecule has 0 radical (unpaired) electrons. The molecule has 1 heterocycles. The average Bonchev–Trinajstić information content (AvgIpc) is 2.08. The van der Waals surface area contributed by atoms with Gasteiger partial charge in [0.1, 0.15) is 5.15 Å². The van der Waals surface area contributed by atoms with Crippen molar-refractivity contribution in [3.63, 3.8) is 0 Å². The van der Waals surface area contributed by atoms with Gasteiger partial charge < -0.3 is 5.11 Å². The van der Waals surface area contributed by atoms with E-state index in [4.69, 9.17) is 11.6 Å². The summed E-state index contributed by atoms with van der Waals surface area (Å²) in [5.41, 5.74) is 0.672. The number of aromatic nitrogens is 1. The van der Waals surface area contributed by atoms with E-state index >= 15 is 0 Å². The van der Waals surface area contributed by atoms with Crippen LogP contribution >= 0.6 is 27.5 Å². The number of hydrogen-bond acceptors (Lipinski definition) is 2. The molecule has 0 amide bonds. The number of rotatable bonds is 2. The summed E-state index contributed by atoms with van der Waals surface area (Å²) in [6, 6.07) is 1.79. The number of nitrogens with zero attached hydrogens (tertiary/aromatic N) is 1. The standard InChI is InChI=1S/C9H11BrClNO/c1-5(2)8(13)7-3-6(10)4-12-9(7)11/h3-5,8,13H,1-2H3. The summed E-state index contributed by atoms with van der Waals surface area (Å²) in [5, 5.41) is 10.1. The lowest BCUT2D eigenvalue weighted by Gasteiger charge is -2.15. The number of aliphatic hydroxyl groups excluding tert-OH is 1. The Kier molecular flexibility index (Phi) is 3.71. The molecular weight excluding hydrogens is 253 g/mol. The number of halogens is 2. The van der Waals surface area contributed by atoms with Crippen LogP contribution in [-0.4, -0.2) is 10.1 Å². The first kappa shape index (κ1) is 11.0. The predicted octanol–water partition coefficient (Wildman–Crippen LogP) is 3.19. The summed E-state index contributed by atoms with van der Waals surface area (Å²) in [7, 11) is 0. The number of aliphatic hydroxyl groups is 1. The van der Waals surface area contributed by atoms with Crippen molar-refractivity contribution in [1.82, 2.24) is 4.98 Å². The molecule has 0 aliphatic carbocycles. The summed E-state index contributed by atoms with van der Waals surface area (Å²) in [4.78, 5) is 3.94. The Bertz CT molecular complexity index is 304. The molecule has 2 nitrogen and oxygen atoms in total. The molecule has 0 saturated carbocycles. The smallest absolute Gasteiger partial charge is 0.134 e. The minimum Gasteiger partial charge on any atom is -0.388 e. The number of hydrogen-bond donors (Lipinski definition) is 1. The van der Waals surface area contributed by atoms with Gasteiger partial charge in [-0.2, -0.15) is 0 Å². The third-order valence-electron chi connectivity index (χ3n) is 1.78. The maximum Gasteiger partial charge on any atom is 0.134 e. The summed E-state index contributed by atoms with van der Waals surface area (Å²) < 4.78 is 0.826. The van der Waals surface area contributed by atoms with Gasteiger partial charge in [0.2, 0.25) is 0 Å². The van der Waals surface area contributed by atoms with Crippen molar-refractivity contribution in [1.29, 1.82) is 0 Å². The molecule has 13 heavy (non-hydrogen) atoms. The molecule has 1 unspecified atom stereocenters. The van der Waals surface area contributed by atoms with Crippen molar-refractivity contribution in [2.45, 2.75) is 20.0 Å². The van der Waals surface area contributed by atoms with Crippen LogP contribution in [0.3, 0.4) is 0 Å². The molecule has 1 N–H and O–H groups in total. The quantitative estimate of drug-likeness (QED) is 0.832. The van der Waals surface area contributed by atoms with Gasteiger partial charge in [0.25, 0.3) is 0 Å². The fraction of sp³-hybridized carbons (Fsp3) is 0.444. The first-order valence-electron chi connectivity index (χ1n) is 4.01. The molecule has 0 bridgehead atoms. The van der Waals surface area contributed by atoms with Gasteiger partial charge in [-0.05, 0) is 27.9 Å². The number of pyridine rings is 1. The molecule has 72 valence electrons. The molecule has 1 atom stereocenters. The normalized spacial score (nSPS) is 13.4. The van der Waals surface area contributed by atoms with Crippen LogP contribution in [0.25, 0.3) is 0 Å². The van der Waals surface area contributed by atoms with Crippen LogP contribution in [-0.2, 0) is 0 Å². The predicted molar refractivity (Wildman–Crippen MR) is 56.7 cm³/mol. The van der Waals surface area contributed by atoms with E-state index in [1.807, 2.05) is 13.8 Å². The SMILES string of the molecule is CC(C)C(O)c1cc(Br)cnc1Cl. The lowest BCUT2D eigenvalue weighted by Crippen LogP contribution is -2.06. The summed E-state index contributed by atoms with van der Waals surface area (Å²) in [6.45, 7) is 3.86. The minimum absolute atomic E-state index is 0.133. The maximum atomic E-state index is 9.76. The molecule has 0 aromatic carbocycles. The Hall–Kier alpha value is -0.120. The Morgan fingerprint density at radius 1 is 1.54 bits per heavy atom. The van der Waals surface area contributed by atoms with E-state index in [0.717, 1.165) is 4.47 Å². The van der Waals surface area contributed by atoms with Gasteiger partial charge in [-0.25, -0.2) is 4.98 Å². The highest BCUT2D eigenvalue weighted by molar-refractivity contribution is 9.10. The van der Waals surface area contributed by atoms with Gasteiger partial charge in [-0.3, -0.25) is 0 Å². The van der Waals surface area contributed by atoms with E-state index in [0.29, 0.717) is 10.7 Å². The molecule has 1 aromatic heterocycles. The summed E-state index contributed by atoms with van der Waals surface area (Å²) in [6.07, 6.45) is 1.05. The van der Waals surface area contributed by atoms with E-state index in [9.17, 15) is 5.11 Å². The Balaban J connectivity index is 3.05. The van der Waals surface area contributed by atoms with E-state index in [1.54, 1.807) is 12.3 Å². The van der Waals surface area contributed by atoms with Crippen molar-refractivity contribution in [3.05, 3.63) is 27.5 Å². The fourth-order valence-corrected chi connectivity index (χ4v) is 1.57. The van der Waals surface area contributed by atoms with E-state index in [-0.39, 0.29) is 5.92 Å². The fourth-order valence-electron chi connectivity index (χ4n) is 1.00. The van der Waals surface area contributed by atoms with Crippen LogP contribution in [0.4, 0.5) is 0 Å². The monoisotopic (exact) mass is 263 g/mol. The second-order valence-corrected chi connectivity index (χ2v) is 4.50. The van der Waals surface area contributed by atoms with Crippen molar-refractivity contribution in [2.75, 3.05) is 0 Å². The highest BCUT2D eigenvalue weighted by atomic mass is 79.9. The van der Waals surface area contributed by atoms with Crippen LogP contribution in [0.2, 0.25) is 5.15 Å². The van der Waals surface area contributed by atoms with Crippen molar-refractivity contribution < 1.29 is 5.11 Å². The van der Waals surface area contributed by atoms with Crippen LogP contribution in [0.15, 0.2) is 16.7 Å². The van der Waals surface area contributed by atoms with Gasteiger partial charge >= 0.3 is 0 Å². The highest BCUT2D eigenvalue weighted by Gasteiger charge is 2.16. The van der Waals surface area contributed by atoms with Crippen molar-refractivity contribution in [2.24, 2.45) is 5.92 Å². The average molecular weight is 265 g/mol. The zero-order valence-electron chi connectivity index (χ0n) is 7.46. The van der Waals surface area contributed by atoms with Gasteiger partial charge in [-0.1, -0.05) is 25.4 Å².